The molecule has 0 radical (unpaired) electrons. The molecule has 2 nitrogen and oxygen atoms in total. The van der Waals surface area contributed by atoms with Crippen LogP contribution in [-0.2, 0) is 0 Å². The highest BCUT2D eigenvalue weighted by atomic mass is 16.3. The number of fused-ring (bicyclic) bond motifs is 11. The molecule has 0 spiro atoms. The zero-order valence-corrected chi connectivity index (χ0v) is 29.8. The molecule has 0 bridgehead atoms. The summed E-state index contributed by atoms with van der Waals surface area (Å²) in [6, 6.07) is 47.0. The van der Waals surface area contributed by atoms with E-state index in [-0.39, 0.29) is 0 Å². The maximum atomic E-state index is 6.84. The van der Waals surface area contributed by atoms with Gasteiger partial charge in [-0.1, -0.05) is 147 Å². The Bertz CT molecular complexity index is 3250. The minimum absolute atomic E-state index is 0.864. The van der Waals surface area contributed by atoms with E-state index in [1.807, 2.05) is 24.3 Å². The monoisotopic (exact) mass is 692 g/mol. The van der Waals surface area contributed by atoms with Crippen molar-refractivity contribution in [2.24, 2.45) is 0 Å². The Hall–Kier alpha value is -6.90. The molecule has 1 aliphatic rings. The van der Waals surface area contributed by atoms with Gasteiger partial charge in [0, 0.05) is 32.5 Å². The van der Waals surface area contributed by atoms with Crippen molar-refractivity contribution >= 4 is 82.1 Å². The summed E-state index contributed by atoms with van der Waals surface area (Å²) in [5.41, 5.74) is 9.74. The van der Waals surface area contributed by atoms with Gasteiger partial charge in [0.25, 0.3) is 0 Å². The fourth-order valence-corrected chi connectivity index (χ4v) is 8.22. The molecule has 54 heavy (non-hydrogen) atoms. The fourth-order valence-electron chi connectivity index (χ4n) is 8.22. The van der Waals surface area contributed by atoms with Crippen LogP contribution < -0.4 is 10.4 Å². The Balaban J connectivity index is 1.29. The highest BCUT2D eigenvalue weighted by molar-refractivity contribution is 6.27. The lowest BCUT2D eigenvalue weighted by atomic mass is 9.91. The lowest BCUT2D eigenvalue weighted by Gasteiger charge is -2.12. The number of hydrogen-bond acceptors (Lipinski definition) is 2. The van der Waals surface area contributed by atoms with E-state index in [4.69, 9.17) is 8.83 Å². The van der Waals surface area contributed by atoms with Crippen LogP contribution in [0.4, 0.5) is 0 Å². The molecule has 2 heterocycles. The van der Waals surface area contributed by atoms with Gasteiger partial charge >= 0.3 is 0 Å². The molecular formula is C52H36O2. The zero-order valence-electron chi connectivity index (χ0n) is 29.8. The van der Waals surface area contributed by atoms with Gasteiger partial charge < -0.3 is 8.83 Å². The van der Waals surface area contributed by atoms with E-state index in [0.29, 0.717) is 0 Å². The molecule has 1 aliphatic carbocycles. The van der Waals surface area contributed by atoms with Crippen LogP contribution in [0, 0.1) is 0 Å². The second kappa shape index (κ2) is 12.9. The third-order valence-electron chi connectivity index (χ3n) is 10.8. The third-order valence-corrected chi connectivity index (χ3v) is 10.8. The summed E-state index contributed by atoms with van der Waals surface area (Å²) >= 11 is 0. The van der Waals surface area contributed by atoms with E-state index in [1.54, 1.807) is 0 Å². The number of allylic oxidation sites excluding steroid dienone is 8. The van der Waals surface area contributed by atoms with Gasteiger partial charge in [0.15, 0.2) is 0 Å². The Morgan fingerprint density at radius 1 is 0.556 bits per heavy atom. The van der Waals surface area contributed by atoms with Crippen LogP contribution in [0.2, 0.25) is 0 Å². The van der Waals surface area contributed by atoms with Crippen molar-refractivity contribution < 1.29 is 8.83 Å². The van der Waals surface area contributed by atoms with E-state index >= 15 is 0 Å². The average molecular weight is 693 g/mol. The van der Waals surface area contributed by atoms with Crippen molar-refractivity contribution in [1.29, 1.82) is 0 Å². The van der Waals surface area contributed by atoms with Crippen LogP contribution in [0.5, 0.6) is 0 Å². The van der Waals surface area contributed by atoms with E-state index in [1.165, 1.54) is 10.8 Å². The largest absolute Gasteiger partial charge is 0.455 e. The van der Waals surface area contributed by atoms with Crippen molar-refractivity contribution in [1.82, 2.24) is 0 Å². The molecule has 2 aromatic heterocycles. The Labute approximate surface area is 313 Å². The number of hydrogen-bond donors (Lipinski definition) is 0. The molecule has 0 fully saturated rings. The zero-order chi connectivity index (χ0) is 36.2. The molecule has 0 N–H and O–H groups in total. The van der Waals surface area contributed by atoms with Gasteiger partial charge in [-0.3, -0.25) is 0 Å². The maximum absolute atomic E-state index is 6.84. The standard InChI is InChI=1S/C52H36O2/c1-3-34(37-27-26-35-16-8-9-17-36(35)31-37)30-33(2)38-18-6-4-5-7-19-41(40-21-11-10-20-39(38)40)46-32-47-43(50-45-23-13-15-25-49(45)54-52(46)50)28-29-44-42-22-12-14-24-48(42)53-51(44)47/h3,6-32H,1-2,4-5H2/b18-6+,19-7+,34-30+,39-38+,41-40+. The highest BCUT2D eigenvalue weighted by Gasteiger charge is 2.21. The summed E-state index contributed by atoms with van der Waals surface area (Å²) in [7, 11) is 0. The summed E-state index contributed by atoms with van der Waals surface area (Å²) in [5.74, 6) is 0. The SMILES string of the molecule is C=C/C(=C\C(=C)C1=c2\cccc\c2=C(c2cc3c(ccc4c5ccccc5oc43)c3c2oc2ccccc23)\C=C\CC\C=C\1)c1ccc2ccccc2c1. The van der Waals surface area contributed by atoms with Crippen LogP contribution in [0.1, 0.15) is 24.0 Å². The molecule has 0 saturated carbocycles. The van der Waals surface area contributed by atoms with E-state index < -0.39 is 0 Å². The molecule has 0 amide bonds. The van der Waals surface area contributed by atoms with Gasteiger partial charge in [-0.2, -0.15) is 0 Å². The van der Waals surface area contributed by atoms with Crippen LogP contribution in [0.3, 0.4) is 0 Å². The lowest BCUT2D eigenvalue weighted by molar-refractivity contribution is 0.667. The van der Waals surface area contributed by atoms with Gasteiger partial charge in [0.1, 0.15) is 22.3 Å². The minimum Gasteiger partial charge on any atom is -0.455 e. The first-order chi connectivity index (χ1) is 26.7. The van der Waals surface area contributed by atoms with Crippen LogP contribution in [0.25, 0.3) is 82.1 Å². The number of benzene rings is 7. The molecule has 2 heteroatoms. The summed E-state index contributed by atoms with van der Waals surface area (Å²) in [6.07, 6.45) is 15.0. The molecule has 10 rings (SSSR count). The van der Waals surface area contributed by atoms with E-state index in [0.717, 1.165) is 111 Å². The first-order valence-electron chi connectivity index (χ1n) is 18.5. The van der Waals surface area contributed by atoms with Crippen LogP contribution in [0.15, 0.2) is 197 Å². The Morgan fingerprint density at radius 2 is 1.22 bits per heavy atom. The predicted molar refractivity (Wildman–Crippen MR) is 229 cm³/mol. The van der Waals surface area contributed by atoms with Crippen molar-refractivity contribution in [2.75, 3.05) is 0 Å². The van der Waals surface area contributed by atoms with Gasteiger partial charge in [0.05, 0.1) is 0 Å². The first kappa shape index (κ1) is 31.8. The Morgan fingerprint density at radius 3 is 2.06 bits per heavy atom. The molecule has 0 unspecified atom stereocenters. The highest BCUT2D eigenvalue weighted by Crippen LogP contribution is 2.43. The molecular weight excluding hydrogens is 657 g/mol. The van der Waals surface area contributed by atoms with Gasteiger partial charge in [-0.05, 0) is 104 Å². The molecule has 0 saturated heterocycles. The van der Waals surface area contributed by atoms with Crippen molar-refractivity contribution in [3.8, 4) is 0 Å². The van der Waals surface area contributed by atoms with Gasteiger partial charge in [-0.15, -0.1) is 0 Å². The van der Waals surface area contributed by atoms with E-state index in [9.17, 15) is 0 Å². The minimum atomic E-state index is 0.864. The summed E-state index contributed by atoms with van der Waals surface area (Å²) < 4.78 is 13.5. The average Bonchev–Trinajstić information content (AvgIpc) is 3.80. The van der Waals surface area contributed by atoms with Gasteiger partial charge in [-0.25, -0.2) is 0 Å². The topological polar surface area (TPSA) is 26.3 Å². The van der Waals surface area contributed by atoms with Crippen molar-refractivity contribution in [3.63, 3.8) is 0 Å². The molecule has 0 aliphatic heterocycles. The van der Waals surface area contributed by atoms with Crippen LogP contribution in [-0.4, -0.2) is 0 Å². The van der Waals surface area contributed by atoms with Crippen molar-refractivity contribution in [2.45, 2.75) is 12.8 Å². The second-order valence-electron chi connectivity index (χ2n) is 14.0. The Kier molecular flexibility index (Phi) is 7.63. The predicted octanol–water partition coefficient (Wildman–Crippen LogP) is 12.9. The number of furan rings is 2. The van der Waals surface area contributed by atoms with Crippen molar-refractivity contribution in [3.05, 3.63) is 210 Å². The molecule has 9 aromatic rings. The second-order valence-corrected chi connectivity index (χ2v) is 14.0. The summed E-state index contributed by atoms with van der Waals surface area (Å²) in [4.78, 5) is 0. The summed E-state index contributed by atoms with van der Waals surface area (Å²) in [5, 5.41) is 11.2. The smallest absolute Gasteiger partial charge is 0.143 e. The lowest BCUT2D eigenvalue weighted by Crippen LogP contribution is -2.29. The first-order valence-corrected chi connectivity index (χ1v) is 18.5. The fraction of sp³-hybridized carbons (Fsp3) is 0.0385. The molecule has 256 valence electrons. The van der Waals surface area contributed by atoms with Gasteiger partial charge in [0.2, 0.25) is 0 Å². The quantitative estimate of drug-likeness (QED) is 0.168. The number of para-hydroxylation sites is 2. The van der Waals surface area contributed by atoms with E-state index in [2.05, 4.69) is 159 Å². The normalized spacial score (nSPS) is 17.0. The maximum Gasteiger partial charge on any atom is 0.143 e. The summed E-state index contributed by atoms with van der Waals surface area (Å²) in [6.45, 7) is 8.89. The third kappa shape index (κ3) is 5.18. The van der Waals surface area contributed by atoms with Crippen LogP contribution >= 0.6 is 0 Å². The molecule has 0 atom stereocenters. The molecule has 7 aromatic carbocycles. The number of rotatable bonds is 5.